The number of carboxylic acids is 1. The van der Waals surface area contributed by atoms with Gasteiger partial charge in [0.25, 0.3) is 0 Å². The molecule has 8 amide bonds. The minimum Gasteiger partial charge on any atom is -0.508 e. The molecular formula is C44H67N11O14S2. The molecule has 0 unspecified atom stereocenters. The van der Waals surface area contributed by atoms with Crippen molar-refractivity contribution in [1.29, 1.82) is 0 Å². The highest BCUT2D eigenvalue weighted by atomic mass is 32.1. The standard InChI is InChI=1S/C44H67N11O14S2/c1-6-20(2)32(40(64)50-30(18-71)44(68)69)51-37(61)28(14-24-9-11-26(59)12-10-24)48-39(63)31-8-7-13-55(31)43(67)35(23(5)58)54-38(62)29(15-25-16-46-19-47-25)49-41(65)33(21(3)56)53-42(66)34(22(4)57)52-36(60)27(45)17-70/h9-12,16,19-23,27-35,56-59,70-71H,6-8,13-15,17-18,45H2,1-5H3,(H,46,47)(H,48,63)(H,49,65)(H,50,64)(H,51,61)(H,52,60)(H,53,66)(H,54,62)(H,68,69)/t20-,21+,22+,23+,27-,28-,29-,30-,31-,32-,33-,34-,35-/m0/s1. The summed E-state index contributed by atoms with van der Waals surface area (Å²) in [4.78, 5) is 129. The largest absolute Gasteiger partial charge is 0.508 e. The van der Waals surface area contributed by atoms with Crippen molar-refractivity contribution in [2.24, 2.45) is 11.7 Å². The Morgan fingerprint density at radius 3 is 1.72 bits per heavy atom. The number of benzene rings is 1. The van der Waals surface area contributed by atoms with Gasteiger partial charge in [0.15, 0.2) is 0 Å². The number of hydrogen-bond donors (Lipinski definition) is 16. The van der Waals surface area contributed by atoms with Crippen LogP contribution in [0.25, 0.3) is 0 Å². The molecule has 25 nitrogen and oxygen atoms in total. The van der Waals surface area contributed by atoms with Gasteiger partial charge < -0.3 is 78.4 Å². The highest BCUT2D eigenvalue weighted by Gasteiger charge is 2.42. The predicted octanol–water partition coefficient (Wildman–Crippen LogP) is -4.25. The van der Waals surface area contributed by atoms with Crippen LogP contribution in [0.5, 0.6) is 5.75 Å². The Morgan fingerprint density at radius 2 is 1.21 bits per heavy atom. The second kappa shape index (κ2) is 28.1. The van der Waals surface area contributed by atoms with Crippen LogP contribution in [0.1, 0.15) is 65.1 Å². The van der Waals surface area contributed by atoms with Crippen molar-refractivity contribution in [1.82, 2.24) is 52.1 Å². The van der Waals surface area contributed by atoms with Crippen molar-refractivity contribution in [3.8, 4) is 5.75 Å². The average Bonchev–Trinajstić information content (AvgIpc) is 4.04. The van der Waals surface area contributed by atoms with Gasteiger partial charge in [-0.05, 0) is 57.2 Å². The second-order valence-corrected chi connectivity index (χ2v) is 18.1. The number of carbonyl (C=O) groups excluding carboxylic acids is 8. The number of aromatic nitrogens is 2. The lowest BCUT2D eigenvalue weighted by Gasteiger charge is -2.32. The first-order valence-electron chi connectivity index (χ1n) is 22.9. The summed E-state index contributed by atoms with van der Waals surface area (Å²) in [5.41, 5.74) is 6.47. The molecule has 0 aliphatic carbocycles. The Kier molecular flexibility index (Phi) is 23.5. The third kappa shape index (κ3) is 17.4. The second-order valence-electron chi connectivity index (χ2n) is 17.4. The number of rotatable bonds is 27. The van der Waals surface area contributed by atoms with Gasteiger partial charge in [0.05, 0.1) is 30.7 Å². The molecule has 27 heteroatoms. The number of carbonyl (C=O) groups is 9. The molecule has 3 rings (SSSR count). The molecule has 0 spiro atoms. The third-order valence-electron chi connectivity index (χ3n) is 11.8. The quantitative estimate of drug-likeness (QED) is 0.0377. The molecule has 0 saturated carbocycles. The zero-order chi connectivity index (χ0) is 53.3. The Hall–Kier alpha value is -6.00. The number of aliphatic carboxylic acids is 1. The minimum absolute atomic E-state index is 0.0322. The number of nitrogens with one attached hydrogen (secondary N) is 8. The van der Waals surface area contributed by atoms with Crippen LogP contribution >= 0.6 is 25.3 Å². The number of H-pyrrole nitrogens is 1. The fraction of sp³-hybridized carbons (Fsp3) is 0.591. The normalized spacial score (nSPS) is 18.5. The summed E-state index contributed by atoms with van der Waals surface area (Å²) in [5.74, 6) is -9.72. The van der Waals surface area contributed by atoms with E-state index in [0.717, 1.165) is 11.8 Å². The number of aliphatic hydroxyl groups excluding tert-OH is 3. The molecule has 0 bridgehead atoms. The zero-order valence-electron chi connectivity index (χ0n) is 39.9. The van der Waals surface area contributed by atoms with Crippen LogP contribution in [0.2, 0.25) is 0 Å². The molecule has 1 saturated heterocycles. The lowest BCUT2D eigenvalue weighted by Crippen LogP contribution is -2.64. The van der Waals surface area contributed by atoms with Crippen molar-refractivity contribution in [3.63, 3.8) is 0 Å². The number of aromatic hydroxyl groups is 1. The van der Waals surface area contributed by atoms with E-state index in [9.17, 15) is 68.7 Å². The number of aliphatic hydroxyl groups is 3. The number of aromatic amines is 1. The third-order valence-corrected chi connectivity index (χ3v) is 12.5. The first-order chi connectivity index (χ1) is 33.4. The fourth-order valence-electron chi connectivity index (χ4n) is 7.36. The maximum atomic E-state index is 14.3. The van der Waals surface area contributed by atoms with Crippen molar-refractivity contribution >= 4 is 78.5 Å². The number of phenols is 1. The lowest BCUT2D eigenvalue weighted by molar-refractivity contribution is -0.145. The molecule has 13 atom stereocenters. The predicted molar refractivity (Wildman–Crippen MR) is 260 cm³/mol. The number of imidazole rings is 1. The average molecular weight is 1040 g/mol. The van der Waals surface area contributed by atoms with E-state index in [-0.39, 0.29) is 49.5 Å². The highest BCUT2D eigenvalue weighted by molar-refractivity contribution is 7.80. The molecule has 2 heterocycles. The number of nitrogens with two attached hydrogens (primary N) is 1. The molecule has 1 aliphatic heterocycles. The van der Waals surface area contributed by atoms with Crippen LogP contribution < -0.4 is 43.0 Å². The van der Waals surface area contributed by atoms with E-state index < -0.39 is 132 Å². The zero-order valence-corrected chi connectivity index (χ0v) is 41.7. The van der Waals surface area contributed by atoms with Crippen molar-refractivity contribution in [3.05, 3.63) is 48.0 Å². The number of nitrogens with zero attached hydrogens (tertiary/aromatic N) is 2. The molecule has 394 valence electrons. The van der Waals surface area contributed by atoms with Gasteiger partial charge in [-0.3, -0.25) is 38.4 Å². The summed E-state index contributed by atoms with van der Waals surface area (Å²) in [5, 5.41) is 68.3. The van der Waals surface area contributed by atoms with Gasteiger partial charge in [-0.15, -0.1) is 0 Å². The number of amides is 8. The first kappa shape index (κ1) is 59.3. The van der Waals surface area contributed by atoms with Crippen molar-refractivity contribution in [2.45, 2.75) is 139 Å². The molecule has 1 fully saturated rings. The van der Waals surface area contributed by atoms with Gasteiger partial charge in [-0.1, -0.05) is 32.4 Å². The number of phenolic OH excluding ortho intramolecular Hbond substituents is 1. The van der Waals surface area contributed by atoms with Gasteiger partial charge in [0.1, 0.15) is 54.1 Å². The van der Waals surface area contributed by atoms with E-state index in [4.69, 9.17) is 5.73 Å². The summed E-state index contributed by atoms with van der Waals surface area (Å²) in [6.45, 7) is 6.93. The van der Waals surface area contributed by atoms with Crippen LogP contribution in [-0.2, 0) is 56.0 Å². The van der Waals surface area contributed by atoms with E-state index in [1.165, 1.54) is 50.6 Å². The van der Waals surface area contributed by atoms with Crippen LogP contribution in [0.3, 0.4) is 0 Å². The Morgan fingerprint density at radius 1 is 0.704 bits per heavy atom. The molecule has 15 N–H and O–H groups in total. The summed E-state index contributed by atoms with van der Waals surface area (Å²) in [7, 11) is 0. The van der Waals surface area contributed by atoms with Crippen LogP contribution in [-0.4, -0.2) is 184 Å². The maximum absolute atomic E-state index is 14.3. The van der Waals surface area contributed by atoms with E-state index in [1.807, 2.05) is 0 Å². The summed E-state index contributed by atoms with van der Waals surface area (Å²) < 4.78 is 0. The summed E-state index contributed by atoms with van der Waals surface area (Å²) in [6, 6.07) is -7.42. The monoisotopic (exact) mass is 1040 g/mol. The number of thiol groups is 2. The molecule has 0 radical (unpaired) electrons. The van der Waals surface area contributed by atoms with E-state index in [1.54, 1.807) is 13.8 Å². The molecule has 1 aromatic carbocycles. The highest BCUT2D eigenvalue weighted by Crippen LogP contribution is 2.21. The van der Waals surface area contributed by atoms with Crippen LogP contribution in [0.4, 0.5) is 0 Å². The first-order valence-corrected chi connectivity index (χ1v) is 24.1. The van der Waals surface area contributed by atoms with Gasteiger partial charge in [-0.2, -0.15) is 25.3 Å². The van der Waals surface area contributed by atoms with Gasteiger partial charge in [0, 0.05) is 42.8 Å². The lowest BCUT2D eigenvalue weighted by atomic mass is 9.96. The topological polar surface area (TPSA) is 397 Å². The molecule has 1 aromatic heterocycles. The fourth-order valence-corrected chi connectivity index (χ4v) is 7.77. The van der Waals surface area contributed by atoms with Gasteiger partial charge >= 0.3 is 5.97 Å². The smallest absolute Gasteiger partial charge is 0.327 e. The maximum Gasteiger partial charge on any atom is 0.327 e. The Balaban J connectivity index is 1.88. The van der Waals surface area contributed by atoms with E-state index >= 15 is 0 Å². The molecule has 71 heavy (non-hydrogen) atoms. The van der Waals surface area contributed by atoms with E-state index in [0.29, 0.717) is 17.7 Å². The summed E-state index contributed by atoms with van der Waals surface area (Å²) >= 11 is 7.94. The van der Waals surface area contributed by atoms with Crippen molar-refractivity contribution < 1.29 is 68.7 Å². The Bertz CT molecular complexity index is 2150. The van der Waals surface area contributed by atoms with Crippen LogP contribution in [0.15, 0.2) is 36.8 Å². The van der Waals surface area contributed by atoms with Crippen molar-refractivity contribution in [2.75, 3.05) is 18.1 Å². The SMILES string of the molecule is CC[C@H](C)[C@H](NC(=O)[C@H](Cc1ccc(O)cc1)NC(=O)[C@@H]1CCCN1C(=O)[C@@H](NC(=O)[C@H](Cc1cnc[nH]1)NC(=O)[C@@H](NC(=O)[C@@H](NC(=O)[C@@H](N)CS)[C@@H](C)O)[C@@H](C)O)[C@@H](C)O)C(=O)N[C@@H](CS)C(=O)O. The molecule has 2 aromatic rings. The summed E-state index contributed by atoms with van der Waals surface area (Å²) in [6.07, 6.45) is -1.84. The Labute approximate surface area is 420 Å². The number of likely N-dealkylation sites (tertiary alicyclic amines) is 1. The van der Waals surface area contributed by atoms with Gasteiger partial charge in [-0.25, -0.2) is 9.78 Å². The number of carboxylic acid groups (broad SMARTS) is 1. The minimum atomic E-state index is -1.78. The molecule has 1 aliphatic rings. The number of hydrogen-bond acceptors (Lipinski definition) is 17. The van der Waals surface area contributed by atoms with E-state index in [2.05, 4.69) is 72.4 Å². The van der Waals surface area contributed by atoms with Gasteiger partial charge in [0.2, 0.25) is 47.3 Å². The van der Waals surface area contributed by atoms with Crippen LogP contribution in [0, 0.1) is 5.92 Å². The molecular weight excluding hydrogens is 971 g/mol.